The predicted octanol–water partition coefficient (Wildman–Crippen LogP) is 0.906. The van der Waals surface area contributed by atoms with Gasteiger partial charge >= 0.3 is 0 Å². The minimum Gasteiger partial charge on any atom is -0.297 e. The van der Waals surface area contributed by atoms with Crippen molar-refractivity contribution >= 4 is 5.65 Å². The normalized spacial score (nSPS) is 16.6. The first-order valence-electron chi connectivity index (χ1n) is 8.55. The van der Waals surface area contributed by atoms with E-state index in [2.05, 4.69) is 25.3 Å². The second kappa shape index (κ2) is 6.36. The number of likely N-dealkylation sites (tertiary alicyclic amines) is 1. The van der Waals surface area contributed by atoms with E-state index in [1.165, 1.54) is 4.68 Å². The summed E-state index contributed by atoms with van der Waals surface area (Å²) in [7, 11) is 1.68. The molecule has 0 bridgehead atoms. The average Bonchev–Trinajstić information content (AvgIpc) is 3.02. The van der Waals surface area contributed by atoms with Crippen molar-refractivity contribution in [1.29, 1.82) is 0 Å². The molecule has 1 fully saturated rings. The maximum Gasteiger partial charge on any atom is 0.266 e. The van der Waals surface area contributed by atoms with Gasteiger partial charge in [-0.1, -0.05) is 0 Å². The number of piperidine rings is 1. The second-order valence-electron chi connectivity index (χ2n) is 6.64. The van der Waals surface area contributed by atoms with Gasteiger partial charge in [0.2, 0.25) is 0 Å². The highest BCUT2D eigenvalue weighted by atomic mass is 16.1. The maximum absolute atomic E-state index is 11.4. The SMILES string of the molecule is Cc1ccc2nnc(C3CCN(Cc4ccc(=O)n(C)n4)CC3)n2n1. The summed E-state index contributed by atoms with van der Waals surface area (Å²) in [5.74, 6) is 1.33. The van der Waals surface area contributed by atoms with Crippen molar-refractivity contribution in [2.75, 3.05) is 13.1 Å². The first kappa shape index (κ1) is 15.9. The van der Waals surface area contributed by atoms with E-state index in [9.17, 15) is 4.79 Å². The Balaban J connectivity index is 1.44. The van der Waals surface area contributed by atoms with Crippen LogP contribution in [-0.2, 0) is 13.6 Å². The summed E-state index contributed by atoms with van der Waals surface area (Å²) >= 11 is 0. The van der Waals surface area contributed by atoms with E-state index < -0.39 is 0 Å². The van der Waals surface area contributed by atoms with E-state index >= 15 is 0 Å². The Morgan fingerprint density at radius 3 is 2.64 bits per heavy atom. The van der Waals surface area contributed by atoms with Crippen molar-refractivity contribution in [2.45, 2.75) is 32.2 Å². The van der Waals surface area contributed by atoms with E-state index in [0.717, 1.165) is 55.3 Å². The summed E-state index contributed by atoms with van der Waals surface area (Å²) in [4.78, 5) is 13.8. The molecule has 1 aliphatic heterocycles. The van der Waals surface area contributed by atoms with Gasteiger partial charge in [0, 0.05) is 25.6 Å². The third-order valence-electron chi connectivity index (χ3n) is 4.77. The Kier molecular flexibility index (Phi) is 4.04. The molecule has 0 saturated carbocycles. The van der Waals surface area contributed by atoms with Crippen molar-refractivity contribution in [3.05, 3.63) is 51.8 Å². The van der Waals surface area contributed by atoms with Crippen LogP contribution < -0.4 is 5.56 Å². The summed E-state index contributed by atoms with van der Waals surface area (Å²) in [5.41, 5.74) is 2.61. The molecule has 130 valence electrons. The van der Waals surface area contributed by atoms with Gasteiger partial charge in [-0.25, -0.2) is 4.68 Å². The molecule has 0 radical (unpaired) electrons. The Bertz CT molecular complexity index is 953. The van der Waals surface area contributed by atoms with Crippen LogP contribution in [0.3, 0.4) is 0 Å². The van der Waals surface area contributed by atoms with Crippen LogP contribution in [0.5, 0.6) is 0 Å². The van der Waals surface area contributed by atoms with E-state index in [1.807, 2.05) is 29.6 Å². The van der Waals surface area contributed by atoms with Crippen LogP contribution in [0.1, 0.15) is 36.0 Å². The number of aryl methyl sites for hydroxylation is 2. The van der Waals surface area contributed by atoms with Crippen LogP contribution in [0.4, 0.5) is 0 Å². The highest BCUT2D eigenvalue weighted by molar-refractivity contribution is 5.36. The standard InChI is InChI=1S/C17H21N7O/c1-12-3-5-15-18-19-17(24(15)20-12)13-7-9-23(10-8-13)11-14-4-6-16(25)22(2)21-14/h3-6,13H,7-11H2,1-2H3. The van der Waals surface area contributed by atoms with Crippen molar-refractivity contribution < 1.29 is 0 Å². The maximum atomic E-state index is 11.4. The molecule has 0 unspecified atom stereocenters. The van der Waals surface area contributed by atoms with Gasteiger partial charge < -0.3 is 0 Å². The molecule has 1 aliphatic rings. The molecule has 8 heteroatoms. The zero-order valence-corrected chi connectivity index (χ0v) is 14.5. The smallest absolute Gasteiger partial charge is 0.266 e. The van der Waals surface area contributed by atoms with Gasteiger partial charge in [-0.3, -0.25) is 9.69 Å². The zero-order chi connectivity index (χ0) is 17.4. The predicted molar refractivity (Wildman–Crippen MR) is 92.2 cm³/mol. The Morgan fingerprint density at radius 1 is 1.08 bits per heavy atom. The third kappa shape index (κ3) is 3.17. The fourth-order valence-electron chi connectivity index (χ4n) is 3.37. The number of aromatic nitrogens is 6. The van der Waals surface area contributed by atoms with Crippen LogP contribution in [0, 0.1) is 6.92 Å². The highest BCUT2D eigenvalue weighted by Gasteiger charge is 2.25. The Labute approximate surface area is 145 Å². The molecule has 1 saturated heterocycles. The largest absolute Gasteiger partial charge is 0.297 e. The molecule has 0 N–H and O–H groups in total. The van der Waals surface area contributed by atoms with Crippen LogP contribution in [-0.4, -0.2) is 47.6 Å². The van der Waals surface area contributed by atoms with Gasteiger partial charge in [0.25, 0.3) is 5.56 Å². The first-order chi connectivity index (χ1) is 12.1. The van der Waals surface area contributed by atoms with Crippen LogP contribution in [0.25, 0.3) is 5.65 Å². The Hall–Kier alpha value is -2.61. The molecule has 25 heavy (non-hydrogen) atoms. The van der Waals surface area contributed by atoms with Crippen molar-refractivity contribution in [3.8, 4) is 0 Å². The molecule has 0 atom stereocenters. The molecule has 0 aliphatic carbocycles. The lowest BCUT2D eigenvalue weighted by Crippen LogP contribution is -2.34. The molecule has 8 nitrogen and oxygen atoms in total. The van der Waals surface area contributed by atoms with Crippen molar-refractivity contribution in [3.63, 3.8) is 0 Å². The lowest BCUT2D eigenvalue weighted by atomic mass is 9.96. The summed E-state index contributed by atoms with van der Waals surface area (Å²) < 4.78 is 3.27. The fraction of sp³-hybridized carbons (Fsp3) is 0.471. The number of nitrogens with zero attached hydrogens (tertiary/aromatic N) is 7. The number of fused-ring (bicyclic) bond motifs is 1. The van der Waals surface area contributed by atoms with Crippen LogP contribution in [0.2, 0.25) is 0 Å². The zero-order valence-electron chi connectivity index (χ0n) is 14.5. The third-order valence-corrected chi connectivity index (χ3v) is 4.77. The lowest BCUT2D eigenvalue weighted by molar-refractivity contribution is 0.197. The van der Waals surface area contributed by atoms with E-state index in [-0.39, 0.29) is 5.56 Å². The van der Waals surface area contributed by atoms with Crippen molar-refractivity contribution in [1.82, 2.24) is 34.5 Å². The van der Waals surface area contributed by atoms with Gasteiger partial charge in [0.15, 0.2) is 11.5 Å². The van der Waals surface area contributed by atoms with Crippen LogP contribution >= 0.6 is 0 Å². The molecular formula is C17H21N7O. The summed E-state index contributed by atoms with van der Waals surface area (Å²) in [6.45, 7) is 4.68. The number of rotatable bonds is 3. The summed E-state index contributed by atoms with van der Waals surface area (Å²) in [5, 5.41) is 17.5. The van der Waals surface area contributed by atoms with Gasteiger partial charge in [-0.05, 0) is 51.1 Å². The van der Waals surface area contributed by atoms with E-state index in [1.54, 1.807) is 13.1 Å². The monoisotopic (exact) mass is 339 g/mol. The van der Waals surface area contributed by atoms with Gasteiger partial charge in [0.05, 0.1) is 11.4 Å². The minimum absolute atomic E-state index is 0.0797. The second-order valence-corrected chi connectivity index (χ2v) is 6.64. The summed E-state index contributed by atoms with van der Waals surface area (Å²) in [6, 6.07) is 7.30. The van der Waals surface area contributed by atoms with Crippen LogP contribution in [0.15, 0.2) is 29.1 Å². The quantitative estimate of drug-likeness (QED) is 0.705. The molecule has 0 aromatic carbocycles. The Morgan fingerprint density at radius 2 is 1.88 bits per heavy atom. The van der Waals surface area contributed by atoms with E-state index in [0.29, 0.717) is 5.92 Å². The molecule has 4 heterocycles. The molecule has 0 amide bonds. The minimum atomic E-state index is -0.0797. The average molecular weight is 339 g/mol. The fourth-order valence-corrected chi connectivity index (χ4v) is 3.37. The molecule has 3 aromatic heterocycles. The highest BCUT2D eigenvalue weighted by Crippen LogP contribution is 2.27. The molecular weight excluding hydrogens is 318 g/mol. The molecule has 3 aromatic rings. The summed E-state index contributed by atoms with van der Waals surface area (Å²) in [6.07, 6.45) is 2.03. The number of hydrogen-bond donors (Lipinski definition) is 0. The number of hydrogen-bond acceptors (Lipinski definition) is 6. The molecule has 4 rings (SSSR count). The molecule has 0 spiro atoms. The van der Waals surface area contributed by atoms with Gasteiger partial charge in [-0.15, -0.1) is 10.2 Å². The lowest BCUT2D eigenvalue weighted by Gasteiger charge is -2.30. The van der Waals surface area contributed by atoms with Gasteiger partial charge in [0.1, 0.15) is 0 Å². The van der Waals surface area contributed by atoms with Crippen molar-refractivity contribution in [2.24, 2.45) is 7.05 Å². The van der Waals surface area contributed by atoms with E-state index in [4.69, 9.17) is 0 Å². The first-order valence-corrected chi connectivity index (χ1v) is 8.55. The van der Waals surface area contributed by atoms with Gasteiger partial charge in [-0.2, -0.15) is 14.7 Å². The topological polar surface area (TPSA) is 81.2 Å².